The molecule has 18 heavy (non-hydrogen) atoms. The van der Waals surface area contributed by atoms with Gasteiger partial charge >= 0.3 is 0 Å². The second-order valence-electron chi connectivity index (χ2n) is 4.04. The molecule has 0 unspecified atom stereocenters. The Labute approximate surface area is 110 Å². The molecule has 0 aliphatic rings. The van der Waals surface area contributed by atoms with E-state index in [-0.39, 0.29) is 0 Å². The molecule has 0 bridgehead atoms. The molecule has 4 nitrogen and oxygen atoms in total. The van der Waals surface area contributed by atoms with Crippen LogP contribution in [0.4, 0.5) is 0 Å². The number of rotatable bonds is 9. The number of hydrogen-bond acceptors (Lipinski definition) is 4. The maximum Gasteiger partial charge on any atom is 0.160 e. The van der Waals surface area contributed by atoms with Gasteiger partial charge in [-0.1, -0.05) is 13.0 Å². The number of methoxy groups -OCH3 is 2. The number of likely N-dealkylation sites (N-methyl/N-ethyl adjacent to an activating group) is 1. The van der Waals surface area contributed by atoms with E-state index in [1.165, 1.54) is 5.56 Å². The van der Waals surface area contributed by atoms with Crippen molar-refractivity contribution in [3.63, 3.8) is 0 Å². The van der Waals surface area contributed by atoms with Gasteiger partial charge in [-0.25, -0.2) is 0 Å². The predicted octanol–water partition coefficient (Wildman–Crippen LogP) is 1.45. The Kier molecular flexibility index (Phi) is 7.22. The monoisotopic (exact) mass is 252 g/mol. The zero-order chi connectivity index (χ0) is 13.2. The van der Waals surface area contributed by atoms with Gasteiger partial charge in [0, 0.05) is 13.1 Å². The normalized spacial score (nSPS) is 10.4. The van der Waals surface area contributed by atoms with E-state index in [0.717, 1.165) is 44.1 Å². The second-order valence-corrected chi connectivity index (χ2v) is 4.04. The SMILES string of the molecule is CCNCCNCCc1ccc(OC)c(OC)c1. The molecule has 0 spiro atoms. The Morgan fingerprint density at radius 1 is 0.944 bits per heavy atom. The highest BCUT2D eigenvalue weighted by Crippen LogP contribution is 2.27. The zero-order valence-electron chi connectivity index (χ0n) is 11.6. The molecule has 0 atom stereocenters. The maximum atomic E-state index is 5.28. The number of nitrogens with one attached hydrogen (secondary N) is 2. The molecular formula is C14H24N2O2. The van der Waals surface area contributed by atoms with Crippen molar-refractivity contribution in [2.45, 2.75) is 13.3 Å². The third-order valence-corrected chi connectivity index (χ3v) is 2.77. The van der Waals surface area contributed by atoms with Crippen molar-refractivity contribution in [2.24, 2.45) is 0 Å². The Hall–Kier alpha value is -1.26. The van der Waals surface area contributed by atoms with Gasteiger partial charge in [-0.05, 0) is 37.2 Å². The van der Waals surface area contributed by atoms with Crippen LogP contribution >= 0.6 is 0 Å². The standard InChI is InChI=1S/C14H24N2O2/c1-4-15-9-10-16-8-7-12-5-6-13(17-2)14(11-12)18-3/h5-6,11,15-16H,4,7-10H2,1-3H3. The van der Waals surface area contributed by atoms with Crippen LogP contribution in [0.2, 0.25) is 0 Å². The Balaban J connectivity index is 2.34. The molecule has 4 heteroatoms. The quantitative estimate of drug-likeness (QED) is 0.653. The molecule has 0 aliphatic carbocycles. The lowest BCUT2D eigenvalue weighted by molar-refractivity contribution is 0.354. The van der Waals surface area contributed by atoms with Crippen LogP contribution in [-0.2, 0) is 6.42 Å². The number of hydrogen-bond donors (Lipinski definition) is 2. The van der Waals surface area contributed by atoms with E-state index in [0.29, 0.717) is 0 Å². The summed E-state index contributed by atoms with van der Waals surface area (Å²) >= 11 is 0. The summed E-state index contributed by atoms with van der Waals surface area (Å²) in [6.45, 7) is 6.13. The zero-order valence-corrected chi connectivity index (χ0v) is 11.6. The smallest absolute Gasteiger partial charge is 0.160 e. The molecule has 0 heterocycles. The van der Waals surface area contributed by atoms with Gasteiger partial charge in [0.25, 0.3) is 0 Å². The fourth-order valence-electron chi connectivity index (χ4n) is 1.75. The first-order valence-electron chi connectivity index (χ1n) is 6.44. The van der Waals surface area contributed by atoms with E-state index in [9.17, 15) is 0 Å². The van der Waals surface area contributed by atoms with Gasteiger partial charge in [0.15, 0.2) is 11.5 Å². The van der Waals surface area contributed by atoms with Crippen molar-refractivity contribution < 1.29 is 9.47 Å². The summed E-state index contributed by atoms with van der Waals surface area (Å²) in [5, 5.41) is 6.68. The molecule has 0 aliphatic heterocycles. The van der Waals surface area contributed by atoms with Crippen LogP contribution in [0.5, 0.6) is 11.5 Å². The van der Waals surface area contributed by atoms with Gasteiger partial charge in [0.1, 0.15) is 0 Å². The minimum Gasteiger partial charge on any atom is -0.493 e. The van der Waals surface area contributed by atoms with E-state index in [1.807, 2.05) is 12.1 Å². The second kappa shape index (κ2) is 8.78. The van der Waals surface area contributed by atoms with Gasteiger partial charge < -0.3 is 20.1 Å². The molecule has 0 saturated heterocycles. The van der Waals surface area contributed by atoms with E-state index in [4.69, 9.17) is 9.47 Å². The Bertz CT molecular complexity index is 343. The van der Waals surface area contributed by atoms with Gasteiger partial charge in [-0.3, -0.25) is 0 Å². The summed E-state index contributed by atoms with van der Waals surface area (Å²) in [6, 6.07) is 6.06. The summed E-state index contributed by atoms with van der Waals surface area (Å²) in [7, 11) is 3.32. The van der Waals surface area contributed by atoms with Gasteiger partial charge in [0.05, 0.1) is 14.2 Å². The highest BCUT2D eigenvalue weighted by atomic mass is 16.5. The van der Waals surface area contributed by atoms with Crippen molar-refractivity contribution in [3.8, 4) is 11.5 Å². The molecule has 2 N–H and O–H groups in total. The molecule has 0 saturated carbocycles. The van der Waals surface area contributed by atoms with Crippen molar-refractivity contribution >= 4 is 0 Å². The highest BCUT2D eigenvalue weighted by molar-refractivity contribution is 5.42. The average molecular weight is 252 g/mol. The van der Waals surface area contributed by atoms with Crippen LogP contribution in [0.1, 0.15) is 12.5 Å². The number of ether oxygens (including phenoxy) is 2. The van der Waals surface area contributed by atoms with Crippen molar-refractivity contribution in [1.82, 2.24) is 10.6 Å². The first-order chi connectivity index (χ1) is 8.81. The van der Waals surface area contributed by atoms with Crippen LogP contribution in [0.15, 0.2) is 18.2 Å². The predicted molar refractivity (Wildman–Crippen MR) is 74.7 cm³/mol. The summed E-state index contributed by atoms with van der Waals surface area (Å²) < 4.78 is 10.5. The lowest BCUT2D eigenvalue weighted by Gasteiger charge is -2.10. The fourth-order valence-corrected chi connectivity index (χ4v) is 1.75. The third-order valence-electron chi connectivity index (χ3n) is 2.77. The fraction of sp³-hybridized carbons (Fsp3) is 0.571. The first kappa shape index (κ1) is 14.8. The van der Waals surface area contributed by atoms with Gasteiger partial charge in [-0.2, -0.15) is 0 Å². The molecular weight excluding hydrogens is 228 g/mol. The van der Waals surface area contributed by atoms with Crippen molar-refractivity contribution in [1.29, 1.82) is 0 Å². The van der Waals surface area contributed by atoms with Crippen LogP contribution in [0.25, 0.3) is 0 Å². The van der Waals surface area contributed by atoms with Crippen LogP contribution in [0, 0.1) is 0 Å². The average Bonchev–Trinajstić information content (AvgIpc) is 2.42. The number of benzene rings is 1. The molecule has 0 amide bonds. The molecule has 0 fully saturated rings. The van der Waals surface area contributed by atoms with Crippen LogP contribution < -0.4 is 20.1 Å². The minimum atomic E-state index is 0.779. The Morgan fingerprint density at radius 3 is 2.33 bits per heavy atom. The molecule has 1 aromatic carbocycles. The van der Waals surface area contributed by atoms with Crippen molar-refractivity contribution in [3.05, 3.63) is 23.8 Å². The molecule has 1 rings (SSSR count). The van der Waals surface area contributed by atoms with Crippen molar-refractivity contribution in [2.75, 3.05) is 40.4 Å². The first-order valence-corrected chi connectivity index (χ1v) is 6.44. The van der Waals surface area contributed by atoms with Crippen LogP contribution in [-0.4, -0.2) is 40.4 Å². The summed E-state index contributed by atoms with van der Waals surface area (Å²) in [4.78, 5) is 0. The third kappa shape index (κ3) is 4.94. The lowest BCUT2D eigenvalue weighted by atomic mass is 10.1. The van der Waals surface area contributed by atoms with E-state index >= 15 is 0 Å². The van der Waals surface area contributed by atoms with E-state index < -0.39 is 0 Å². The van der Waals surface area contributed by atoms with Gasteiger partial charge in [-0.15, -0.1) is 0 Å². The maximum absolute atomic E-state index is 5.28. The highest BCUT2D eigenvalue weighted by Gasteiger charge is 2.03. The lowest BCUT2D eigenvalue weighted by Crippen LogP contribution is -2.28. The summed E-state index contributed by atoms with van der Waals surface area (Å²) in [5.41, 5.74) is 1.25. The van der Waals surface area contributed by atoms with Crippen LogP contribution in [0.3, 0.4) is 0 Å². The minimum absolute atomic E-state index is 0.779. The molecule has 0 aromatic heterocycles. The van der Waals surface area contributed by atoms with E-state index in [2.05, 4.69) is 23.6 Å². The van der Waals surface area contributed by atoms with E-state index in [1.54, 1.807) is 14.2 Å². The summed E-state index contributed by atoms with van der Waals surface area (Å²) in [5.74, 6) is 1.57. The Morgan fingerprint density at radius 2 is 1.67 bits per heavy atom. The molecule has 0 radical (unpaired) electrons. The summed E-state index contributed by atoms with van der Waals surface area (Å²) in [6.07, 6.45) is 0.993. The molecule has 102 valence electrons. The molecule has 1 aromatic rings. The topological polar surface area (TPSA) is 42.5 Å². The van der Waals surface area contributed by atoms with Gasteiger partial charge in [0.2, 0.25) is 0 Å². The largest absolute Gasteiger partial charge is 0.493 e.